The van der Waals surface area contributed by atoms with Crippen LogP contribution in [0.25, 0.3) is 0 Å². The molecule has 0 saturated carbocycles. The lowest BCUT2D eigenvalue weighted by Crippen LogP contribution is -2.13. The molecule has 0 unspecified atom stereocenters. The standard InChI is InChI=1S/C19H22ClN5OS/c1-4-5-6-15-22-23-19(27-15)21-18(26)16-13(3)24-25(17(16)20)11-14-9-7-12(2)8-10-14/h7-10H,4-6,11H2,1-3H3,(H,21,23,26). The van der Waals surface area contributed by atoms with Crippen molar-refractivity contribution in [1.29, 1.82) is 0 Å². The fourth-order valence-electron chi connectivity index (χ4n) is 2.68. The number of rotatable bonds is 7. The van der Waals surface area contributed by atoms with E-state index in [-0.39, 0.29) is 5.91 Å². The lowest BCUT2D eigenvalue weighted by atomic mass is 10.1. The molecule has 142 valence electrons. The summed E-state index contributed by atoms with van der Waals surface area (Å²) < 4.78 is 1.64. The van der Waals surface area contributed by atoms with Crippen molar-refractivity contribution in [1.82, 2.24) is 20.0 Å². The maximum atomic E-state index is 12.7. The van der Waals surface area contributed by atoms with Gasteiger partial charge in [0.15, 0.2) is 0 Å². The van der Waals surface area contributed by atoms with E-state index in [0.29, 0.717) is 28.1 Å². The highest BCUT2D eigenvalue weighted by Crippen LogP contribution is 2.24. The molecule has 1 N–H and O–H groups in total. The van der Waals surface area contributed by atoms with Crippen LogP contribution in [-0.4, -0.2) is 25.9 Å². The van der Waals surface area contributed by atoms with Crippen LogP contribution < -0.4 is 5.32 Å². The van der Waals surface area contributed by atoms with Crippen molar-refractivity contribution >= 4 is 34.0 Å². The summed E-state index contributed by atoms with van der Waals surface area (Å²) in [6.07, 6.45) is 3.02. The molecule has 0 aliphatic carbocycles. The van der Waals surface area contributed by atoms with E-state index >= 15 is 0 Å². The molecule has 1 amide bonds. The van der Waals surface area contributed by atoms with Crippen LogP contribution in [0.1, 0.15) is 52.0 Å². The number of carbonyl (C=O) groups is 1. The maximum absolute atomic E-state index is 12.7. The molecule has 0 fully saturated rings. The number of halogens is 1. The van der Waals surface area contributed by atoms with E-state index < -0.39 is 0 Å². The molecule has 0 aliphatic heterocycles. The van der Waals surface area contributed by atoms with Crippen molar-refractivity contribution < 1.29 is 4.79 Å². The molecule has 0 spiro atoms. The number of amides is 1. The summed E-state index contributed by atoms with van der Waals surface area (Å²) in [6.45, 7) is 6.45. The fraction of sp³-hybridized carbons (Fsp3) is 0.368. The number of unbranched alkanes of at least 4 members (excludes halogenated alkanes) is 1. The van der Waals surface area contributed by atoms with Crippen molar-refractivity contribution in [2.75, 3.05) is 5.32 Å². The Morgan fingerprint density at radius 3 is 2.67 bits per heavy atom. The molecule has 8 heteroatoms. The topological polar surface area (TPSA) is 72.7 Å². The highest BCUT2D eigenvalue weighted by molar-refractivity contribution is 7.15. The van der Waals surface area contributed by atoms with E-state index in [1.54, 1.807) is 11.6 Å². The van der Waals surface area contributed by atoms with E-state index in [2.05, 4.69) is 27.5 Å². The van der Waals surface area contributed by atoms with Gasteiger partial charge in [0.05, 0.1) is 17.8 Å². The van der Waals surface area contributed by atoms with Gasteiger partial charge >= 0.3 is 0 Å². The fourth-order valence-corrected chi connectivity index (χ4v) is 3.77. The first-order valence-corrected chi connectivity index (χ1v) is 10.1. The molecular weight excluding hydrogens is 382 g/mol. The summed E-state index contributed by atoms with van der Waals surface area (Å²) in [4.78, 5) is 12.7. The SMILES string of the molecule is CCCCc1nnc(NC(=O)c2c(C)nn(Cc3ccc(C)cc3)c2Cl)s1. The van der Waals surface area contributed by atoms with E-state index in [0.717, 1.165) is 29.8 Å². The Labute approximate surface area is 167 Å². The first-order chi connectivity index (χ1) is 13.0. The minimum absolute atomic E-state index is 0.314. The second-order valence-corrected chi connectivity index (χ2v) is 7.87. The van der Waals surface area contributed by atoms with E-state index in [9.17, 15) is 4.79 Å². The minimum atomic E-state index is -0.314. The largest absolute Gasteiger partial charge is 0.296 e. The highest BCUT2D eigenvalue weighted by atomic mass is 35.5. The Hall–Kier alpha value is -2.25. The third-order valence-corrected chi connectivity index (χ3v) is 5.46. The van der Waals surface area contributed by atoms with Crippen molar-refractivity contribution in [3.8, 4) is 0 Å². The van der Waals surface area contributed by atoms with E-state index in [4.69, 9.17) is 11.6 Å². The predicted octanol–water partition coefficient (Wildman–Crippen LogP) is 4.65. The van der Waals surface area contributed by atoms with Gasteiger partial charge < -0.3 is 0 Å². The van der Waals surface area contributed by atoms with Gasteiger partial charge in [-0.1, -0.05) is 66.1 Å². The van der Waals surface area contributed by atoms with Crippen molar-refractivity contribution in [3.05, 3.63) is 56.8 Å². The molecule has 0 atom stereocenters. The molecule has 2 aromatic heterocycles. The van der Waals surface area contributed by atoms with Gasteiger partial charge in [0.2, 0.25) is 5.13 Å². The van der Waals surface area contributed by atoms with Crippen molar-refractivity contribution in [3.63, 3.8) is 0 Å². The van der Waals surface area contributed by atoms with Gasteiger partial charge in [0.1, 0.15) is 10.2 Å². The van der Waals surface area contributed by atoms with Gasteiger partial charge in [-0.15, -0.1) is 10.2 Å². The molecule has 0 aliphatic rings. The van der Waals surface area contributed by atoms with Gasteiger partial charge in [-0.25, -0.2) is 4.68 Å². The molecule has 3 rings (SSSR count). The van der Waals surface area contributed by atoms with Gasteiger partial charge in [0, 0.05) is 6.42 Å². The van der Waals surface area contributed by atoms with Crippen molar-refractivity contribution in [2.45, 2.75) is 46.6 Å². The molecule has 0 bridgehead atoms. The molecule has 0 radical (unpaired) electrons. The van der Waals surface area contributed by atoms with Crippen LogP contribution >= 0.6 is 22.9 Å². The van der Waals surface area contributed by atoms with Gasteiger partial charge in [-0.2, -0.15) is 5.10 Å². The predicted molar refractivity (Wildman–Crippen MR) is 109 cm³/mol. The normalized spacial score (nSPS) is 11.0. The molecule has 6 nitrogen and oxygen atoms in total. The summed E-state index contributed by atoms with van der Waals surface area (Å²) in [7, 11) is 0. The Morgan fingerprint density at radius 1 is 1.22 bits per heavy atom. The average molecular weight is 404 g/mol. The van der Waals surface area contributed by atoms with E-state index in [1.807, 2.05) is 31.2 Å². The third-order valence-electron chi connectivity index (χ3n) is 4.18. The zero-order valence-corrected chi connectivity index (χ0v) is 17.2. The zero-order valence-electron chi connectivity index (χ0n) is 15.6. The lowest BCUT2D eigenvalue weighted by Gasteiger charge is -2.05. The van der Waals surface area contributed by atoms with Gasteiger partial charge in [0.25, 0.3) is 5.91 Å². The highest BCUT2D eigenvalue weighted by Gasteiger charge is 2.21. The first kappa shape index (κ1) is 19.5. The zero-order chi connectivity index (χ0) is 19.4. The Balaban J connectivity index is 1.74. The van der Waals surface area contributed by atoms with E-state index in [1.165, 1.54) is 16.9 Å². The number of anilines is 1. The van der Waals surface area contributed by atoms with Crippen LogP contribution in [0, 0.1) is 13.8 Å². The van der Waals surface area contributed by atoms with Crippen LogP contribution in [-0.2, 0) is 13.0 Å². The Morgan fingerprint density at radius 2 is 1.96 bits per heavy atom. The third kappa shape index (κ3) is 4.73. The first-order valence-electron chi connectivity index (χ1n) is 8.90. The summed E-state index contributed by atoms with van der Waals surface area (Å²) in [5.41, 5.74) is 3.22. The summed E-state index contributed by atoms with van der Waals surface area (Å²) >= 11 is 7.85. The number of aryl methyl sites for hydroxylation is 3. The van der Waals surface area contributed by atoms with Crippen LogP contribution in [0.4, 0.5) is 5.13 Å². The smallest absolute Gasteiger partial charge is 0.262 e. The van der Waals surface area contributed by atoms with Gasteiger partial charge in [-0.05, 0) is 25.8 Å². The summed E-state index contributed by atoms with van der Waals surface area (Å²) in [5, 5.41) is 17.1. The molecule has 0 saturated heterocycles. The number of nitrogens with one attached hydrogen (secondary N) is 1. The Bertz CT molecular complexity index is 932. The maximum Gasteiger partial charge on any atom is 0.262 e. The number of hydrogen-bond donors (Lipinski definition) is 1. The number of hydrogen-bond acceptors (Lipinski definition) is 5. The summed E-state index contributed by atoms with van der Waals surface area (Å²) in [6, 6.07) is 8.14. The Kier molecular flexibility index (Phi) is 6.23. The van der Waals surface area contributed by atoms with Crippen LogP contribution in [0.15, 0.2) is 24.3 Å². The van der Waals surface area contributed by atoms with Crippen LogP contribution in [0.3, 0.4) is 0 Å². The van der Waals surface area contributed by atoms with Crippen molar-refractivity contribution in [2.24, 2.45) is 0 Å². The molecule has 3 aromatic rings. The number of carbonyl (C=O) groups excluding carboxylic acids is 1. The lowest BCUT2D eigenvalue weighted by molar-refractivity contribution is 0.102. The molecular formula is C19H22ClN5OS. The second-order valence-electron chi connectivity index (χ2n) is 6.45. The number of benzene rings is 1. The molecule has 27 heavy (non-hydrogen) atoms. The summed E-state index contributed by atoms with van der Waals surface area (Å²) in [5.74, 6) is -0.314. The van der Waals surface area contributed by atoms with Crippen LogP contribution in [0.2, 0.25) is 5.15 Å². The van der Waals surface area contributed by atoms with Crippen LogP contribution in [0.5, 0.6) is 0 Å². The monoisotopic (exact) mass is 403 g/mol. The minimum Gasteiger partial charge on any atom is -0.296 e. The molecule has 1 aromatic carbocycles. The molecule has 2 heterocycles. The van der Waals surface area contributed by atoms with Gasteiger partial charge in [-0.3, -0.25) is 10.1 Å². The quantitative estimate of drug-likeness (QED) is 0.623. The number of nitrogens with zero attached hydrogens (tertiary/aromatic N) is 4. The number of aromatic nitrogens is 4. The average Bonchev–Trinajstić information content (AvgIpc) is 3.19. The second kappa shape index (κ2) is 8.63.